The molecule has 0 saturated heterocycles. The van der Waals surface area contributed by atoms with E-state index in [2.05, 4.69) is 26.2 Å². The van der Waals surface area contributed by atoms with Gasteiger partial charge in [-0.3, -0.25) is 0 Å². The Balaban J connectivity index is 2.90. The predicted molar refractivity (Wildman–Crippen MR) is 73.9 cm³/mol. The Labute approximate surface area is 105 Å². The third kappa shape index (κ3) is 3.85. The average Bonchev–Trinajstić information content (AvgIpc) is 2.09. The van der Waals surface area contributed by atoms with Crippen LogP contribution < -0.4 is 11.1 Å². The second-order valence-electron chi connectivity index (χ2n) is 4.71. The van der Waals surface area contributed by atoms with E-state index >= 15 is 0 Å². The first-order valence-corrected chi connectivity index (χ1v) is 5.96. The first kappa shape index (κ1) is 13.0. The minimum atomic E-state index is -0.170. The molecule has 1 aromatic carbocycles. The van der Waals surface area contributed by atoms with Crippen LogP contribution in [0.15, 0.2) is 27.7 Å². The topological polar surface area (TPSA) is 50.4 Å². The van der Waals surface area contributed by atoms with E-state index in [4.69, 9.17) is 5.73 Å². The van der Waals surface area contributed by atoms with Crippen molar-refractivity contribution in [3.8, 4) is 0 Å². The van der Waals surface area contributed by atoms with Crippen molar-refractivity contribution < 1.29 is 0 Å². The molecule has 0 radical (unpaired) electrons. The molecule has 88 valence electrons. The molecule has 0 saturated carbocycles. The summed E-state index contributed by atoms with van der Waals surface area (Å²) in [6.07, 6.45) is 0. The monoisotopic (exact) mass is 283 g/mol. The van der Waals surface area contributed by atoms with Crippen LogP contribution in [0, 0.1) is 6.92 Å². The molecule has 0 unspecified atom stereocenters. The summed E-state index contributed by atoms with van der Waals surface area (Å²) in [5.74, 6) is 0.439. The van der Waals surface area contributed by atoms with Crippen LogP contribution in [0.4, 0.5) is 5.69 Å². The number of halogens is 1. The molecule has 3 N–H and O–H groups in total. The molecule has 4 heteroatoms. The highest BCUT2D eigenvalue weighted by atomic mass is 79.9. The Morgan fingerprint density at radius 3 is 2.56 bits per heavy atom. The molecule has 16 heavy (non-hydrogen) atoms. The lowest BCUT2D eigenvalue weighted by Gasteiger charge is -2.15. The number of benzene rings is 1. The van der Waals surface area contributed by atoms with Crippen LogP contribution in [0.25, 0.3) is 0 Å². The van der Waals surface area contributed by atoms with Gasteiger partial charge in [-0.05, 0) is 45.4 Å². The van der Waals surface area contributed by atoms with E-state index in [1.165, 1.54) is 0 Å². The molecule has 0 aliphatic rings. The number of hydrogen-bond donors (Lipinski definition) is 2. The van der Waals surface area contributed by atoms with Gasteiger partial charge in [0.1, 0.15) is 0 Å². The number of anilines is 1. The van der Waals surface area contributed by atoms with Gasteiger partial charge in [0.2, 0.25) is 0 Å². The maximum Gasteiger partial charge on any atom is 0.193 e. The second kappa shape index (κ2) is 4.87. The number of aliphatic imine (C=N–C) groups is 1. The van der Waals surface area contributed by atoms with E-state index in [0.29, 0.717) is 5.96 Å². The van der Waals surface area contributed by atoms with Gasteiger partial charge in [-0.1, -0.05) is 22.0 Å². The summed E-state index contributed by atoms with van der Waals surface area (Å²) >= 11 is 3.48. The summed E-state index contributed by atoms with van der Waals surface area (Å²) in [7, 11) is 0. The molecule has 0 heterocycles. The summed E-state index contributed by atoms with van der Waals surface area (Å²) in [5, 5.41) is 3.11. The lowest BCUT2D eigenvalue weighted by Crippen LogP contribution is -2.27. The Morgan fingerprint density at radius 2 is 2.00 bits per heavy atom. The van der Waals surface area contributed by atoms with Crippen LogP contribution in [-0.4, -0.2) is 11.5 Å². The van der Waals surface area contributed by atoms with Crippen molar-refractivity contribution in [2.45, 2.75) is 33.2 Å². The van der Waals surface area contributed by atoms with Gasteiger partial charge in [0.05, 0.1) is 5.54 Å². The van der Waals surface area contributed by atoms with E-state index in [0.717, 1.165) is 15.7 Å². The number of guanidine groups is 1. The van der Waals surface area contributed by atoms with Crippen molar-refractivity contribution in [2.75, 3.05) is 5.32 Å². The molecule has 0 fully saturated rings. The summed E-state index contributed by atoms with van der Waals surface area (Å²) in [4.78, 5) is 4.34. The van der Waals surface area contributed by atoms with Crippen LogP contribution >= 0.6 is 15.9 Å². The highest BCUT2D eigenvalue weighted by Crippen LogP contribution is 2.23. The molecule has 0 aliphatic heterocycles. The van der Waals surface area contributed by atoms with Gasteiger partial charge in [0, 0.05) is 10.2 Å². The summed E-state index contributed by atoms with van der Waals surface area (Å²) in [5.41, 5.74) is 7.76. The van der Waals surface area contributed by atoms with E-state index < -0.39 is 0 Å². The van der Waals surface area contributed by atoms with Gasteiger partial charge in [-0.2, -0.15) is 0 Å². The smallest absolute Gasteiger partial charge is 0.193 e. The summed E-state index contributed by atoms with van der Waals surface area (Å²) in [6, 6.07) is 5.94. The van der Waals surface area contributed by atoms with Crippen molar-refractivity contribution in [1.82, 2.24) is 0 Å². The van der Waals surface area contributed by atoms with Gasteiger partial charge in [-0.15, -0.1) is 0 Å². The van der Waals surface area contributed by atoms with Gasteiger partial charge in [-0.25, -0.2) is 4.99 Å². The van der Waals surface area contributed by atoms with Crippen molar-refractivity contribution >= 4 is 27.6 Å². The van der Waals surface area contributed by atoms with Crippen molar-refractivity contribution in [2.24, 2.45) is 10.7 Å². The van der Waals surface area contributed by atoms with Crippen LogP contribution in [0.5, 0.6) is 0 Å². The highest BCUT2D eigenvalue weighted by Gasteiger charge is 2.09. The number of nitrogens with two attached hydrogens (primary N) is 1. The number of nitrogens with one attached hydrogen (secondary N) is 1. The molecule has 0 aliphatic carbocycles. The number of nitrogens with zero attached hydrogens (tertiary/aromatic N) is 1. The first-order chi connectivity index (χ1) is 7.29. The molecule has 0 spiro atoms. The molecular formula is C12H18BrN3. The van der Waals surface area contributed by atoms with Gasteiger partial charge in [0.15, 0.2) is 5.96 Å². The van der Waals surface area contributed by atoms with Crippen LogP contribution in [0.1, 0.15) is 26.3 Å². The van der Waals surface area contributed by atoms with E-state index in [1.54, 1.807) is 0 Å². The van der Waals surface area contributed by atoms with Crippen molar-refractivity contribution in [3.63, 3.8) is 0 Å². The Kier molecular flexibility index (Phi) is 3.97. The number of hydrogen-bond acceptors (Lipinski definition) is 1. The van der Waals surface area contributed by atoms with Crippen LogP contribution in [-0.2, 0) is 0 Å². The fourth-order valence-corrected chi connectivity index (χ4v) is 1.64. The molecule has 1 rings (SSSR count). The molecule has 3 nitrogen and oxygen atoms in total. The predicted octanol–water partition coefficient (Wildman–Crippen LogP) is 3.28. The standard InChI is InChI=1S/C12H18BrN3/c1-8-9(13)6-5-7-10(8)15-11(14)16-12(2,3)4/h5-7H,1-4H3,(H3,14,15,16). The van der Waals surface area contributed by atoms with Crippen LogP contribution in [0.3, 0.4) is 0 Å². The van der Waals surface area contributed by atoms with E-state index in [9.17, 15) is 0 Å². The maximum absolute atomic E-state index is 5.83. The molecule has 0 bridgehead atoms. The number of rotatable bonds is 1. The SMILES string of the molecule is Cc1c(Br)cccc1NC(N)=NC(C)(C)C. The third-order valence-corrected chi connectivity index (χ3v) is 2.85. The van der Waals surface area contributed by atoms with Crippen LogP contribution in [0.2, 0.25) is 0 Å². The molecular weight excluding hydrogens is 266 g/mol. The normalized spacial score (nSPS) is 12.7. The molecule has 0 atom stereocenters. The lowest BCUT2D eigenvalue weighted by atomic mass is 10.1. The average molecular weight is 284 g/mol. The quantitative estimate of drug-likeness (QED) is 0.614. The van der Waals surface area contributed by atoms with Gasteiger partial charge < -0.3 is 11.1 Å². The van der Waals surface area contributed by atoms with Crippen molar-refractivity contribution in [3.05, 3.63) is 28.2 Å². The highest BCUT2D eigenvalue weighted by molar-refractivity contribution is 9.10. The lowest BCUT2D eigenvalue weighted by molar-refractivity contribution is 0.583. The largest absolute Gasteiger partial charge is 0.370 e. The summed E-state index contributed by atoms with van der Waals surface area (Å²) < 4.78 is 1.06. The fourth-order valence-electron chi connectivity index (χ4n) is 1.27. The molecule has 1 aromatic rings. The van der Waals surface area contributed by atoms with Crippen molar-refractivity contribution in [1.29, 1.82) is 0 Å². The zero-order valence-corrected chi connectivity index (χ0v) is 11.7. The zero-order valence-electron chi connectivity index (χ0n) is 10.1. The molecule has 0 amide bonds. The third-order valence-electron chi connectivity index (χ3n) is 1.99. The Hall–Kier alpha value is -1.03. The zero-order chi connectivity index (χ0) is 12.3. The fraction of sp³-hybridized carbons (Fsp3) is 0.417. The Morgan fingerprint density at radius 1 is 1.38 bits per heavy atom. The van der Waals surface area contributed by atoms with E-state index in [-0.39, 0.29) is 5.54 Å². The maximum atomic E-state index is 5.83. The first-order valence-electron chi connectivity index (χ1n) is 5.17. The Bertz CT molecular complexity index is 405. The minimum Gasteiger partial charge on any atom is -0.370 e. The van der Waals surface area contributed by atoms with Gasteiger partial charge >= 0.3 is 0 Å². The second-order valence-corrected chi connectivity index (χ2v) is 5.56. The minimum absolute atomic E-state index is 0.170. The van der Waals surface area contributed by atoms with E-state index in [1.807, 2.05) is 45.9 Å². The van der Waals surface area contributed by atoms with Gasteiger partial charge in [0.25, 0.3) is 0 Å². The molecule has 0 aromatic heterocycles. The summed E-state index contributed by atoms with van der Waals surface area (Å²) in [6.45, 7) is 8.05.